The summed E-state index contributed by atoms with van der Waals surface area (Å²) in [5.41, 5.74) is 5.14. The Balaban J connectivity index is 1.48. The van der Waals surface area contributed by atoms with Gasteiger partial charge >= 0.3 is 0 Å². The first kappa shape index (κ1) is 17.9. The Hall–Kier alpha value is -1.91. The Kier molecular flexibility index (Phi) is 6.05. The Labute approximate surface area is 156 Å². The van der Waals surface area contributed by atoms with Crippen molar-refractivity contribution >= 4 is 23.0 Å². The zero-order valence-electron chi connectivity index (χ0n) is 15.2. The van der Waals surface area contributed by atoms with Gasteiger partial charge in [0.25, 0.3) is 0 Å². The van der Waals surface area contributed by atoms with Crippen LogP contribution in [0.2, 0.25) is 0 Å². The lowest BCUT2D eigenvalue weighted by Gasteiger charge is -2.36. The molecular formula is C21H27N3S. The molecule has 0 unspecified atom stereocenters. The first-order valence-corrected chi connectivity index (χ1v) is 9.47. The van der Waals surface area contributed by atoms with Crippen molar-refractivity contribution in [3.63, 3.8) is 0 Å². The van der Waals surface area contributed by atoms with E-state index in [1.165, 1.54) is 16.7 Å². The normalized spacial score (nSPS) is 15.2. The molecule has 132 valence electrons. The first-order valence-electron chi connectivity index (χ1n) is 9.07. The highest BCUT2D eigenvalue weighted by molar-refractivity contribution is 7.80. The van der Waals surface area contributed by atoms with E-state index in [0.29, 0.717) is 0 Å². The van der Waals surface area contributed by atoms with Crippen LogP contribution in [-0.4, -0.2) is 41.1 Å². The van der Waals surface area contributed by atoms with E-state index in [4.69, 9.17) is 12.2 Å². The molecule has 0 atom stereocenters. The molecule has 3 nitrogen and oxygen atoms in total. The van der Waals surface area contributed by atoms with Crippen molar-refractivity contribution in [3.8, 4) is 0 Å². The number of hydrogen-bond acceptors (Lipinski definition) is 2. The monoisotopic (exact) mass is 353 g/mol. The fourth-order valence-corrected chi connectivity index (χ4v) is 3.50. The minimum atomic E-state index is 0.833. The molecule has 2 aromatic carbocycles. The van der Waals surface area contributed by atoms with Crippen LogP contribution in [0.5, 0.6) is 0 Å². The van der Waals surface area contributed by atoms with Crippen LogP contribution in [0.3, 0.4) is 0 Å². The average Bonchev–Trinajstić information content (AvgIpc) is 2.63. The van der Waals surface area contributed by atoms with Crippen LogP contribution in [-0.2, 0) is 13.0 Å². The predicted octanol–water partition coefficient (Wildman–Crippen LogP) is 4.07. The first-order chi connectivity index (χ1) is 12.1. The van der Waals surface area contributed by atoms with E-state index in [-0.39, 0.29) is 0 Å². The molecule has 2 aromatic rings. The number of benzene rings is 2. The molecule has 1 aliphatic rings. The fourth-order valence-electron chi connectivity index (χ4n) is 3.20. The summed E-state index contributed by atoms with van der Waals surface area (Å²) >= 11 is 5.60. The van der Waals surface area contributed by atoms with Gasteiger partial charge in [-0.15, -0.1) is 0 Å². The molecule has 0 aromatic heterocycles. The molecule has 1 aliphatic heterocycles. The lowest BCUT2D eigenvalue weighted by Crippen LogP contribution is -2.49. The SMILES string of the molecule is CCc1ccc(NC(=S)N2CCN(Cc3cccc(C)c3)CC2)cc1. The molecule has 25 heavy (non-hydrogen) atoms. The summed E-state index contributed by atoms with van der Waals surface area (Å²) in [5, 5.41) is 4.21. The summed E-state index contributed by atoms with van der Waals surface area (Å²) in [6.07, 6.45) is 1.06. The zero-order valence-corrected chi connectivity index (χ0v) is 16.0. The second-order valence-corrected chi connectivity index (χ2v) is 7.12. The van der Waals surface area contributed by atoms with Gasteiger partial charge in [-0.1, -0.05) is 48.9 Å². The molecule has 1 heterocycles. The van der Waals surface area contributed by atoms with Crippen molar-refractivity contribution in [1.29, 1.82) is 0 Å². The summed E-state index contributed by atoms with van der Waals surface area (Å²) in [5.74, 6) is 0. The molecule has 1 saturated heterocycles. The van der Waals surface area contributed by atoms with Gasteiger partial charge in [0.2, 0.25) is 0 Å². The van der Waals surface area contributed by atoms with Gasteiger partial charge in [0, 0.05) is 38.4 Å². The van der Waals surface area contributed by atoms with Gasteiger partial charge in [0.1, 0.15) is 0 Å². The molecule has 0 radical (unpaired) electrons. The summed E-state index contributed by atoms with van der Waals surface area (Å²) in [7, 11) is 0. The number of nitrogens with one attached hydrogen (secondary N) is 1. The Morgan fingerprint density at radius 2 is 1.72 bits per heavy atom. The maximum Gasteiger partial charge on any atom is 0.173 e. The van der Waals surface area contributed by atoms with E-state index in [1.54, 1.807) is 0 Å². The van der Waals surface area contributed by atoms with Crippen molar-refractivity contribution in [2.75, 3.05) is 31.5 Å². The maximum absolute atomic E-state index is 5.60. The number of aryl methyl sites for hydroxylation is 2. The van der Waals surface area contributed by atoms with Crippen molar-refractivity contribution in [3.05, 3.63) is 65.2 Å². The standard InChI is InChI=1S/C21H27N3S/c1-3-18-7-9-20(10-8-18)22-21(25)24-13-11-23(12-14-24)16-19-6-4-5-17(2)15-19/h4-10,15H,3,11-14,16H2,1-2H3,(H,22,25). The second-order valence-electron chi connectivity index (χ2n) is 6.73. The lowest BCUT2D eigenvalue weighted by atomic mass is 10.1. The van der Waals surface area contributed by atoms with Crippen molar-refractivity contribution in [2.24, 2.45) is 0 Å². The molecule has 4 heteroatoms. The largest absolute Gasteiger partial charge is 0.346 e. The highest BCUT2D eigenvalue weighted by Gasteiger charge is 2.19. The average molecular weight is 354 g/mol. The molecule has 0 saturated carbocycles. The third-order valence-electron chi connectivity index (χ3n) is 4.76. The van der Waals surface area contributed by atoms with Gasteiger partial charge in [0.15, 0.2) is 5.11 Å². The zero-order chi connectivity index (χ0) is 17.6. The summed E-state index contributed by atoms with van der Waals surface area (Å²) in [4.78, 5) is 4.78. The van der Waals surface area contributed by atoms with Gasteiger partial charge in [-0.2, -0.15) is 0 Å². The van der Waals surface area contributed by atoms with Gasteiger partial charge in [-0.25, -0.2) is 0 Å². The van der Waals surface area contributed by atoms with E-state index < -0.39 is 0 Å². The van der Waals surface area contributed by atoms with Crippen molar-refractivity contribution in [2.45, 2.75) is 26.8 Å². The molecule has 0 aliphatic carbocycles. The van der Waals surface area contributed by atoms with E-state index in [1.807, 2.05) is 0 Å². The van der Waals surface area contributed by atoms with Crippen LogP contribution in [0.1, 0.15) is 23.6 Å². The number of piperazine rings is 1. The van der Waals surface area contributed by atoms with E-state index in [9.17, 15) is 0 Å². The minimum absolute atomic E-state index is 0.833. The van der Waals surface area contributed by atoms with Gasteiger partial charge in [0.05, 0.1) is 0 Å². The Morgan fingerprint density at radius 1 is 1.00 bits per heavy atom. The van der Waals surface area contributed by atoms with Gasteiger partial charge in [-0.3, -0.25) is 4.90 Å². The highest BCUT2D eigenvalue weighted by Crippen LogP contribution is 2.13. The topological polar surface area (TPSA) is 18.5 Å². The van der Waals surface area contributed by atoms with Crippen molar-refractivity contribution < 1.29 is 0 Å². The number of anilines is 1. The third-order valence-corrected chi connectivity index (χ3v) is 5.12. The molecule has 0 amide bonds. The van der Waals surface area contributed by atoms with E-state index in [2.05, 4.69) is 77.5 Å². The number of thiocarbonyl (C=S) groups is 1. The lowest BCUT2D eigenvalue weighted by molar-refractivity contribution is 0.177. The van der Waals surface area contributed by atoms with Crippen LogP contribution < -0.4 is 5.32 Å². The second kappa shape index (κ2) is 8.45. The Morgan fingerprint density at radius 3 is 2.36 bits per heavy atom. The highest BCUT2D eigenvalue weighted by atomic mass is 32.1. The van der Waals surface area contributed by atoms with Crippen LogP contribution >= 0.6 is 12.2 Å². The van der Waals surface area contributed by atoms with Gasteiger partial charge in [-0.05, 0) is 48.8 Å². The van der Waals surface area contributed by atoms with E-state index in [0.717, 1.165) is 49.9 Å². The van der Waals surface area contributed by atoms with E-state index >= 15 is 0 Å². The molecule has 1 fully saturated rings. The summed E-state index contributed by atoms with van der Waals surface area (Å²) in [6, 6.07) is 17.3. The Bertz CT molecular complexity index is 703. The maximum atomic E-state index is 5.60. The number of rotatable bonds is 4. The summed E-state index contributed by atoms with van der Waals surface area (Å²) < 4.78 is 0. The smallest absolute Gasteiger partial charge is 0.173 e. The van der Waals surface area contributed by atoms with Crippen LogP contribution in [0.4, 0.5) is 5.69 Å². The van der Waals surface area contributed by atoms with Gasteiger partial charge < -0.3 is 10.2 Å². The molecular weight excluding hydrogens is 326 g/mol. The molecule has 3 rings (SSSR count). The summed E-state index contributed by atoms with van der Waals surface area (Å²) in [6.45, 7) is 9.39. The third kappa shape index (κ3) is 5.03. The predicted molar refractivity (Wildman–Crippen MR) is 110 cm³/mol. The van der Waals surface area contributed by atoms with Crippen molar-refractivity contribution in [1.82, 2.24) is 9.80 Å². The number of hydrogen-bond donors (Lipinski definition) is 1. The van der Waals surface area contributed by atoms with Crippen LogP contribution in [0, 0.1) is 6.92 Å². The number of nitrogens with zero attached hydrogens (tertiary/aromatic N) is 2. The minimum Gasteiger partial charge on any atom is -0.346 e. The molecule has 1 N–H and O–H groups in total. The quantitative estimate of drug-likeness (QED) is 0.835. The van der Waals surface area contributed by atoms with Crippen LogP contribution in [0.25, 0.3) is 0 Å². The van der Waals surface area contributed by atoms with Crippen LogP contribution in [0.15, 0.2) is 48.5 Å². The molecule has 0 spiro atoms. The molecule has 0 bridgehead atoms. The fraction of sp³-hybridized carbons (Fsp3) is 0.381.